The quantitative estimate of drug-likeness (QED) is 0.297. The predicted molar refractivity (Wildman–Crippen MR) is 125 cm³/mol. The first kappa shape index (κ1) is 21.2. The number of aromatic nitrogens is 1. The highest BCUT2D eigenvalue weighted by molar-refractivity contribution is 7.23. The number of nitrogens with zero attached hydrogens (tertiary/aromatic N) is 4. The number of hydrogen-bond acceptors (Lipinski definition) is 8. The summed E-state index contributed by atoms with van der Waals surface area (Å²) in [5.41, 5.74) is 0.780. The Kier molecular flexibility index (Phi) is 5.86. The monoisotopic (exact) mass is 456 g/mol. The van der Waals surface area contributed by atoms with Gasteiger partial charge in [-0.05, 0) is 38.4 Å². The van der Waals surface area contributed by atoms with Crippen LogP contribution in [0, 0.1) is 10.1 Å². The third kappa shape index (κ3) is 4.36. The van der Waals surface area contributed by atoms with Gasteiger partial charge in [0.25, 0.3) is 11.6 Å². The van der Waals surface area contributed by atoms with Crippen LogP contribution >= 0.6 is 22.7 Å². The third-order valence-corrected chi connectivity index (χ3v) is 6.92. The number of non-ortho nitro benzene ring substituents is 1. The van der Waals surface area contributed by atoms with Gasteiger partial charge in [0.2, 0.25) is 0 Å². The summed E-state index contributed by atoms with van der Waals surface area (Å²) in [6.07, 6.45) is 0. The van der Waals surface area contributed by atoms with Crippen molar-refractivity contribution < 1.29 is 14.5 Å². The summed E-state index contributed by atoms with van der Waals surface area (Å²) in [4.78, 5) is 33.0. The van der Waals surface area contributed by atoms with Crippen LogP contribution in [0.2, 0.25) is 0 Å². The number of amides is 1. The van der Waals surface area contributed by atoms with E-state index in [1.165, 1.54) is 34.8 Å². The molecule has 2 aromatic heterocycles. The van der Waals surface area contributed by atoms with Gasteiger partial charge in [-0.25, -0.2) is 4.98 Å². The highest BCUT2D eigenvalue weighted by Gasteiger charge is 2.24. The summed E-state index contributed by atoms with van der Waals surface area (Å²) in [5, 5.41) is 12.4. The zero-order valence-electron chi connectivity index (χ0n) is 17.2. The van der Waals surface area contributed by atoms with E-state index in [0.717, 1.165) is 14.9 Å². The molecule has 0 saturated carbocycles. The van der Waals surface area contributed by atoms with E-state index in [4.69, 9.17) is 4.74 Å². The fourth-order valence-corrected chi connectivity index (χ4v) is 5.07. The molecule has 160 valence electrons. The van der Waals surface area contributed by atoms with Crippen LogP contribution in [0.1, 0.15) is 9.67 Å². The Balaban J connectivity index is 1.72. The van der Waals surface area contributed by atoms with E-state index < -0.39 is 4.92 Å². The fourth-order valence-electron chi connectivity index (χ4n) is 3.10. The summed E-state index contributed by atoms with van der Waals surface area (Å²) in [7, 11) is 5.50. The maximum Gasteiger partial charge on any atom is 0.270 e. The lowest BCUT2D eigenvalue weighted by molar-refractivity contribution is -0.384. The van der Waals surface area contributed by atoms with Crippen LogP contribution in [-0.4, -0.2) is 55.0 Å². The van der Waals surface area contributed by atoms with Gasteiger partial charge >= 0.3 is 0 Å². The molecule has 4 rings (SSSR count). The number of likely N-dealkylation sites (N-methyl/N-ethyl adjacent to an activating group) is 1. The molecular weight excluding hydrogens is 436 g/mol. The van der Waals surface area contributed by atoms with E-state index in [9.17, 15) is 14.9 Å². The lowest BCUT2D eigenvalue weighted by Gasteiger charge is -2.21. The first-order valence-corrected chi connectivity index (χ1v) is 11.1. The molecule has 0 bridgehead atoms. The Morgan fingerprint density at radius 2 is 1.87 bits per heavy atom. The van der Waals surface area contributed by atoms with Gasteiger partial charge in [-0.2, -0.15) is 0 Å². The lowest BCUT2D eigenvalue weighted by atomic mass is 10.2. The molecule has 0 fully saturated rings. The second kappa shape index (κ2) is 8.58. The summed E-state index contributed by atoms with van der Waals surface area (Å²) in [6.45, 7) is 1.14. The minimum Gasteiger partial charge on any atom is -0.497 e. The molecule has 31 heavy (non-hydrogen) atoms. The highest BCUT2D eigenvalue weighted by atomic mass is 32.1. The van der Waals surface area contributed by atoms with E-state index in [1.54, 1.807) is 24.1 Å². The van der Waals surface area contributed by atoms with Crippen LogP contribution < -0.4 is 9.64 Å². The number of anilines is 1. The number of rotatable bonds is 7. The molecule has 4 aromatic rings. The summed E-state index contributed by atoms with van der Waals surface area (Å²) in [6, 6.07) is 12.0. The van der Waals surface area contributed by atoms with E-state index in [1.807, 2.05) is 37.2 Å². The molecule has 0 aliphatic rings. The van der Waals surface area contributed by atoms with Crippen molar-refractivity contribution >= 4 is 59.7 Å². The van der Waals surface area contributed by atoms with Gasteiger partial charge < -0.3 is 9.64 Å². The van der Waals surface area contributed by atoms with Crippen molar-refractivity contribution in [3.63, 3.8) is 0 Å². The van der Waals surface area contributed by atoms with E-state index in [0.29, 0.717) is 34.2 Å². The van der Waals surface area contributed by atoms with Crippen molar-refractivity contribution in [2.45, 2.75) is 0 Å². The number of carbonyl (C=O) groups excluding carboxylic acids is 1. The Morgan fingerprint density at radius 3 is 2.58 bits per heavy atom. The number of nitro groups is 1. The van der Waals surface area contributed by atoms with E-state index in [2.05, 4.69) is 4.98 Å². The molecule has 0 saturated heterocycles. The van der Waals surface area contributed by atoms with Crippen molar-refractivity contribution in [3.8, 4) is 5.75 Å². The van der Waals surface area contributed by atoms with Gasteiger partial charge in [0.15, 0.2) is 5.13 Å². The standard InChI is InChI=1S/C21H20N4O4S2/c1-23(2)8-9-24(21-22-16-12-15(29-3)5-7-18(16)31-21)20(26)19-11-13-10-14(25(27)28)4-6-17(13)30-19/h4-7,10-12H,8-9H2,1-3H3. The SMILES string of the molecule is COc1ccc2sc(N(CCN(C)C)C(=O)c3cc4cc([N+](=O)[O-])ccc4s3)nc2c1. The number of methoxy groups -OCH3 is 1. The van der Waals surface area contributed by atoms with Gasteiger partial charge in [0.05, 0.1) is 27.1 Å². The Morgan fingerprint density at radius 1 is 1.10 bits per heavy atom. The van der Waals surface area contributed by atoms with E-state index in [-0.39, 0.29) is 11.6 Å². The summed E-state index contributed by atoms with van der Waals surface area (Å²) in [5.74, 6) is 0.540. The summed E-state index contributed by atoms with van der Waals surface area (Å²) < 4.78 is 7.07. The smallest absolute Gasteiger partial charge is 0.270 e. The molecule has 0 N–H and O–H groups in total. The average Bonchev–Trinajstić information content (AvgIpc) is 3.36. The van der Waals surface area contributed by atoms with Crippen molar-refractivity contribution in [3.05, 3.63) is 57.5 Å². The largest absolute Gasteiger partial charge is 0.497 e. The molecule has 2 aromatic carbocycles. The second-order valence-electron chi connectivity index (χ2n) is 7.18. The molecule has 0 radical (unpaired) electrons. The van der Waals surface area contributed by atoms with Gasteiger partial charge in [0, 0.05) is 41.4 Å². The van der Waals surface area contributed by atoms with Crippen molar-refractivity contribution in [2.24, 2.45) is 0 Å². The first-order chi connectivity index (χ1) is 14.9. The summed E-state index contributed by atoms with van der Waals surface area (Å²) >= 11 is 2.77. The minimum atomic E-state index is -0.433. The molecule has 1 amide bonds. The van der Waals surface area contributed by atoms with Crippen LogP contribution in [0.25, 0.3) is 20.3 Å². The molecule has 0 aliphatic carbocycles. The van der Waals surface area contributed by atoms with E-state index >= 15 is 0 Å². The molecule has 0 atom stereocenters. The molecule has 2 heterocycles. The van der Waals surface area contributed by atoms with Crippen molar-refractivity contribution in [2.75, 3.05) is 39.2 Å². The van der Waals surface area contributed by atoms with Gasteiger partial charge in [0.1, 0.15) is 5.75 Å². The number of fused-ring (bicyclic) bond motifs is 2. The van der Waals surface area contributed by atoms with Gasteiger partial charge in [-0.3, -0.25) is 19.8 Å². The molecule has 0 unspecified atom stereocenters. The van der Waals surface area contributed by atoms with Crippen LogP contribution in [0.3, 0.4) is 0 Å². The Labute approximate surface area is 186 Å². The molecular formula is C21H20N4O4S2. The van der Waals surface area contributed by atoms with Crippen LogP contribution in [0.15, 0.2) is 42.5 Å². The van der Waals surface area contributed by atoms with Crippen LogP contribution in [0.5, 0.6) is 5.75 Å². The maximum atomic E-state index is 13.5. The van der Waals surface area contributed by atoms with Crippen LogP contribution in [-0.2, 0) is 0 Å². The number of benzene rings is 2. The molecule has 8 nitrogen and oxygen atoms in total. The topological polar surface area (TPSA) is 88.8 Å². The fraction of sp³-hybridized carbons (Fsp3) is 0.238. The maximum absolute atomic E-state index is 13.5. The van der Waals surface area contributed by atoms with Gasteiger partial charge in [-0.15, -0.1) is 11.3 Å². The number of thiazole rings is 1. The number of ether oxygens (including phenoxy) is 1. The van der Waals surface area contributed by atoms with Crippen molar-refractivity contribution in [1.82, 2.24) is 9.88 Å². The molecule has 10 heteroatoms. The van der Waals surface area contributed by atoms with Crippen molar-refractivity contribution in [1.29, 1.82) is 0 Å². The zero-order valence-corrected chi connectivity index (χ0v) is 18.8. The number of thiophene rings is 1. The number of nitro benzene ring substituents is 1. The zero-order chi connectivity index (χ0) is 22.1. The van der Waals surface area contributed by atoms with Gasteiger partial charge in [-0.1, -0.05) is 11.3 Å². The lowest BCUT2D eigenvalue weighted by Crippen LogP contribution is -2.36. The molecule has 0 spiro atoms. The van der Waals surface area contributed by atoms with Crippen LogP contribution in [0.4, 0.5) is 10.8 Å². The Bertz CT molecular complexity index is 1280. The average molecular weight is 457 g/mol. The molecule has 0 aliphatic heterocycles. The predicted octanol–water partition coefficient (Wildman–Crippen LogP) is 4.64. The Hall–Kier alpha value is -3.08. The number of carbonyl (C=O) groups is 1. The third-order valence-electron chi connectivity index (χ3n) is 4.75. The number of hydrogen-bond donors (Lipinski definition) is 0. The normalized spacial score (nSPS) is 11.4. The highest BCUT2D eigenvalue weighted by Crippen LogP contribution is 2.34. The minimum absolute atomic E-state index is 0.00823. The second-order valence-corrected chi connectivity index (χ2v) is 9.27. The first-order valence-electron chi connectivity index (χ1n) is 9.45.